The third kappa shape index (κ3) is 5.54. The molecule has 30 heavy (non-hydrogen) atoms. The number of rotatable bonds is 8. The van der Waals surface area contributed by atoms with Crippen LogP contribution in [0.1, 0.15) is 29.9 Å². The molecule has 7 nitrogen and oxygen atoms in total. The maximum absolute atomic E-state index is 12.8. The van der Waals surface area contributed by atoms with Crippen LogP contribution in [0.2, 0.25) is 0 Å². The molecule has 1 heterocycles. The van der Waals surface area contributed by atoms with Crippen LogP contribution >= 0.6 is 0 Å². The second kappa shape index (κ2) is 9.09. The zero-order chi connectivity index (χ0) is 22.7. The zero-order valence-electron chi connectivity index (χ0n) is 17.1. The normalized spacial score (nSPS) is 12.3. The predicted octanol–water partition coefficient (Wildman–Crippen LogP) is 3.23. The first-order valence-corrected chi connectivity index (χ1v) is 10.6. The Kier molecular flexibility index (Phi) is 7.19. The smallest absolute Gasteiger partial charge is 0.406 e. The van der Waals surface area contributed by atoms with E-state index in [1.165, 1.54) is 57.3 Å². The van der Waals surface area contributed by atoms with Crippen LogP contribution in [-0.4, -0.2) is 54.6 Å². The highest BCUT2D eigenvalue weighted by Crippen LogP contribution is 2.23. The second-order valence-corrected chi connectivity index (χ2v) is 8.55. The van der Waals surface area contributed by atoms with Crippen molar-refractivity contribution in [2.24, 2.45) is 7.05 Å². The lowest BCUT2D eigenvalue weighted by Gasteiger charge is -2.18. The molecule has 166 valence electrons. The molecule has 0 bridgehead atoms. The number of halogens is 3. The summed E-state index contributed by atoms with van der Waals surface area (Å²) in [5, 5.41) is 0. The number of carbonyl (C=O) groups is 1. The van der Waals surface area contributed by atoms with Gasteiger partial charge in [0.25, 0.3) is 5.91 Å². The van der Waals surface area contributed by atoms with E-state index in [1.54, 1.807) is 20.9 Å². The summed E-state index contributed by atoms with van der Waals surface area (Å²) in [7, 11) is -0.608. The number of hydrogen-bond donors (Lipinski definition) is 0. The summed E-state index contributed by atoms with van der Waals surface area (Å²) in [5.74, 6) is -0.775. The number of aryl methyl sites for hydroxylation is 1. The highest BCUT2D eigenvalue weighted by molar-refractivity contribution is 7.89. The third-order valence-corrected chi connectivity index (χ3v) is 6.48. The van der Waals surface area contributed by atoms with Gasteiger partial charge in [-0.15, -0.1) is 13.2 Å². The topological polar surface area (TPSA) is 71.8 Å². The fourth-order valence-electron chi connectivity index (χ4n) is 2.94. The van der Waals surface area contributed by atoms with E-state index in [-0.39, 0.29) is 22.9 Å². The van der Waals surface area contributed by atoms with E-state index in [4.69, 9.17) is 0 Å². The zero-order valence-corrected chi connectivity index (χ0v) is 17.9. The van der Waals surface area contributed by atoms with Crippen LogP contribution in [0.25, 0.3) is 0 Å². The molecule has 0 unspecified atom stereocenters. The van der Waals surface area contributed by atoms with Gasteiger partial charge in [-0.05, 0) is 23.8 Å². The van der Waals surface area contributed by atoms with Crippen molar-refractivity contribution in [1.82, 2.24) is 13.8 Å². The Morgan fingerprint density at radius 2 is 1.70 bits per heavy atom. The van der Waals surface area contributed by atoms with Gasteiger partial charge in [0.05, 0.1) is 0 Å². The van der Waals surface area contributed by atoms with Crippen LogP contribution in [0, 0.1) is 0 Å². The van der Waals surface area contributed by atoms with E-state index in [2.05, 4.69) is 4.74 Å². The van der Waals surface area contributed by atoms with Crippen molar-refractivity contribution < 1.29 is 31.1 Å². The fourth-order valence-corrected chi connectivity index (χ4v) is 4.47. The maximum Gasteiger partial charge on any atom is 0.573 e. The summed E-state index contributed by atoms with van der Waals surface area (Å²) >= 11 is 0. The summed E-state index contributed by atoms with van der Waals surface area (Å²) in [4.78, 5) is 14.2. The Bertz CT molecular complexity index is 981. The average molecular weight is 447 g/mol. The van der Waals surface area contributed by atoms with Gasteiger partial charge in [0, 0.05) is 39.9 Å². The lowest BCUT2D eigenvalue weighted by molar-refractivity contribution is -0.274. The number of aromatic nitrogens is 1. The van der Waals surface area contributed by atoms with Crippen LogP contribution in [0.15, 0.2) is 41.4 Å². The van der Waals surface area contributed by atoms with Gasteiger partial charge in [-0.1, -0.05) is 26.0 Å². The molecule has 0 aliphatic heterocycles. The van der Waals surface area contributed by atoms with Crippen molar-refractivity contribution in [3.8, 4) is 5.75 Å². The number of hydrogen-bond acceptors (Lipinski definition) is 4. The first kappa shape index (κ1) is 23.7. The minimum Gasteiger partial charge on any atom is -0.406 e. The molecule has 0 radical (unpaired) electrons. The van der Waals surface area contributed by atoms with Gasteiger partial charge >= 0.3 is 6.36 Å². The van der Waals surface area contributed by atoms with Crippen LogP contribution in [-0.2, 0) is 23.6 Å². The number of carbonyl (C=O) groups excluding carboxylic acids is 1. The second-order valence-electron chi connectivity index (χ2n) is 6.61. The number of benzene rings is 1. The molecular formula is C19H24F3N3O4S. The van der Waals surface area contributed by atoms with E-state index in [9.17, 15) is 26.4 Å². The summed E-state index contributed by atoms with van der Waals surface area (Å²) in [6.45, 7) is 4.20. The summed E-state index contributed by atoms with van der Waals surface area (Å²) < 4.78 is 68.6. The molecule has 0 aliphatic rings. The average Bonchev–Trinajstić information content (AvgIpc) is 3.04. The van der Waals surface area contributed by atoms with Crippen molar-refractivity contribution in [2.45, 2.75) is 31.7 Å². The van der Waals surface area contributed by atoms with Gasteiger partial charge in [-0.25, -0.2) is 8.42 Å². The molecule has 2 aromatic rings. The van der Waals surface area contributed by atoms with Gasteiger partial charge in [0.15, 0.2) is 0 Å². The maximum atomic E-state index is 12.8. The number of ether oxygens (including phenoxy) is 1. The number of sulfonamides is 1. The van der Waals surface area contributed by atoms with Crippen molar-refractivity contribution in [3.63, 3.8) is 0 Å². The van der Waals surface area contributed by atoms with Crippen LogP contribution in [0.3, 0.4) is 0 Å². The van der Waals surface area contributed by atoms with Crippen LogP contribution in [0.4, 0.5) is 13.2 Å². The molecule has 1 aromatic heterocycles. The Balaban J connectivity index is 2.16. The van der Waals surface area contributed by atoms with Crippen molar-refractivity contribution in [3.05, 3.63) is 47.8 Å². The molecule has 0 saturated carbocycles. The largest absolute Gasteiger partial charge is 0.573 e. The number of nitrogens with zero attached hydrogens (tertiary/aromatic N) is 3. The minimum atomic E-state index is -4.77. The molecule has 0 fully saturated rings. The monoisotopic (exact) mass is 447 g/mol. The predicted molar refractivity (Wildman–Crippen MR) is 104 cm³/mol. The van der Waals surface area contributed by atoms with Gasteiger partial charge in [0.2, 0.25) is 10.0 Å². The van der Waals surface area contributed by atoms with E-state index in [1.807, 2.05) is 0 Å². The first-order chi connectivity index (χ1) is 13.9. The van der Waals surface area contributed by atoms with Gasteiger partial charge < -0.3 is 14.2 Å². The van der Waals surface area contributed by atoms with Gasteiger partial charge in [-0.3, -0.25) is 4.79 Å². The highest BCUT2D eigenvalue weighted by atomic mass is 32.2. The molecule has 0 aliphatic carbocycles. The standard InChI is InChI=1S/C19H24F3N3O4S/c1-5-25(6-2)30(27,28)16-11-17(23(3)13-16)18(26)24(4)12-14-7-9-15(10-8-14)29-19(20,21)22/h7-11,13H,5-6,12H2,1-4H3. The molecule has 0 saturated heterocycles. The lowest BCUT2D eigenvalue weighted by Crippen LogP contribution is -2.30. The Morgan fingerprint density at radius 3 is 2.20 bits per heavy atom. The quantitative estimate of drug-likeness (QED) is 0.623. The molecule has 0 spiro atoms. The highest BCUT2D eigenvalue weighted by Gasteiger charge is 2.31. The SMILES string of the molecule is CCN(CC)S(=O)(=O)c1cc(C(=O)N(C)Cc2ccc(OC(F)(F)F)cc2)n(C)c1. The molecule has 0 N–H and O–H groups in total. The number of amides is 1. The molecule has 1 aromatic carbocycles. The molecule has 11 heteroatoms. The molecule has 2 rings (SSSR count). The van der Waals surface area contributed by atoms with Gasteiger partial charge in [0.1, 0.15) is 16.3 Å². The van der Waals surface area contributed by atoms with Crippen LogP contribution in [0.5, 0.6) is 5.75 Å². The van der Waals surface area contributed by atoms with Crippen LogP contribution < -0.4 is 4.74 Å². The Labute approximate surface area is 173 Å². The third-order valence-electron chi connectivity index (χ3n) is 4.47. The molecular weight excluding hydrogens is 423 g/mol. The molecule has 1 amide bonds. The minimum absolute atomic E-state index is 0.0269. The first-order valence-electron chi connectivity index (χ1n) is 9.15. The fraction of sp³-hybridized carbons (Fsp3) is 0.421. The van der Waals surface area contributed by atoms with Gasteiger partial charge in [-0.2, -0.15) is 4.31 Å². The van der Waals surface area contributed by atoms with Crippen molar-refractivity contribution >= 4 is 15.9 Å². The number of alkyl halides is 3. The van der Waals surface area contributed by atoms with E-state index in [0.29, 0.717) is 18.7 Å². The van der Waals surface area contributed by atoms with Crippen molar-refractivity contribution in [2.75, 3.05) is 20.1 Å². The molecule has 0 atom stereocenters. The van der Waals surface area contributed by atoms with Crippen molar-refractivity contribution in [1.29, 1.82) is 0 Å². The van der Waals surface area contributed by atoms with E-state index >= 15 is 0 Å². The summed E-state index contributed by atoms with van der Waals surface area (Å²) in [6, 6.07) is 6.50. The summed E-state index contributed by atoms with van der Waals surface area (Å²) in [6.07, 6.45) is -3.39. The Hall–Kier alpha value is -2.53. The van der Waals surface area contributed by atoms with E-state index in [0.717, 1.165) is 0 Å². The lowest BCUT2D eigenvalue weighted by atomic mass is 10.2. The summed E-state index contributed by atoms with van der Waals surface area (Å²) in [5.41, 5.74) is 0.769. The Morgan fingerprint density at radius 1 is 1.13 bits per heavy atom. The van der Waals surface area contributed by atoms with E-state index < -0.39 is 22.3 Å².